The molecule has 0 saturated heterocycles. The summed E-state index contributed by atoms with van der Waals surface area (Å²) >= 11 is 5.20. The number of hydrogen-bond acceptors (Lipinski definition) is 3. The molecule has 0 unspecified atom stereocenters. The average Bonchev–Trinajstić information content (AvgIpc) is 2.62. The third kappa shape index (κ3) is 2.82. The molecule has 2 aromatic rings. The number of rotatable bonds is 3. The highest BCUT2D eigenvalue weighted by Gasteiger charge is 2.08. The summed E-state index contributed by atoms with van der Waals surface area (Å²) in [5, 5.41) is 0. The van der Waals surface area contributed by atoms with Gasteiger partial charge in [-0.25, -0.2) is 4.98 Å². The second-order valence-electron chi connectivity index (χ2n) is 4.58. The van der Waals surface area contributed by atoms with Gasteiger partial charge in [-0.15, -0.1) is 0 Å². The standard InChI is InChI=1S/C13H16N2OS/c1-8(2)6-10-7-12(17)15-13(14-10)11-4-5-16-9(11)3/h4-5,7-8H,6H2,1-3H3,(H,14,15,17). The highest BCUT2D eigenvalue weighted by molar-refractivity contribution is 7.71. The van der Waals surface area contributed by atoms with Crippen LogP contribution in [-0.4, -0.2) is 9.97 Å². The first kappa shape index (κ1) is 12.0. The molecular formula is C13H16N2OS. The Hall–Kier alpha value is -1.42. The molecule has 1 N–H and O–H groups in total. The lowest BCUT2D eigenvalue weighted by Crippen LogP contribution is -2.00. The maximum Gasteiger partial charge on any atom is 0.142 e. The van der Waals surface area contributed by atoms with Crippen molar-refractivity contribution < 1.29 is 4.42 Å². The van der Waals surface area contributed by atoms with Gasteiger partial charge in [0.25, 0.3) is 0 Å². The topological polar surface area (TPSA) is 41.8 Å². The van der Waals surface area contributed by atoms with Gasteiger partial charge < -0.3 is 9.40 Å². The number of aromatic amines is 1. The molecule has 17 heavy (non-hydrogen) atoms. The molecule has 0 saturated carbocycles. The van der Waals surface area contributed by atoms with Gasteiger partial charge in [-0.05, 0) is 31.4 Å². The predicted octanol–water partition coefficient (Wildman–Crippen LogP) is 3.91. The lowest BCUT2D eigenvalue weighted by molar-refractivity contribution is 0.535. The number of hydrogen-bond donors (Lipinski definition) is 1. The summed E-state index contributed by atoms with van der Waals surface area (Å²) in [6.07, 6.45) is 2.63. The van der Waals surface area contributed by atoms with Crippen LogP contribution in [0, 0.1) is 17.5 Å². The molecule has 3 nitrogen and oxygen atoms in total. The second kappa shape index (κ2) is 4.84. The molecule has 0 aliphatic rings. The fourth-order valence-electron chi connectivity index (χ4n) is 1.82. The van der Waals surface area contributed by atoms with Gasteiger partial charge in [-0.2, -0.15) is 0 Å². The molecule has 0 aliphatic carbocycles. The summed E-state index contributed by atoms with van der Waals surface area (Å²) in [6, 6.07) is 3.83. The monoisotopic (exact) mass is 248 g/mol. The van der Waals surface area contributed by atoms with Crippen LogP contribution in [0.15, 0.2) is 22.8 Å². The van der Waals surface area contributed by atoms with Crippen LogP contribution in [-0.2, 0) is 6.42 Å². The third-order valence-corrected chi connectivity index (χ3v) is 2.75. The van der Waals surface area contributed by atoms with Crippen LogP contribution in [0.25, 0.3) is 11.4 Å². The minimum atomic E-state index is 0.585. The van der Waals surface area contributed by atoms with Crippen molar-refractivity contribution in [2.24, 2.45) is 5.92 Å². The molecule has 2 aromatic heterocycles. The van der Waals surface area contributed by atoms with E-state index in [0.29, 0.717) is 10.6 Å². The maximum absolute atomic E-state index is 5.29. The quantitative estimate of drug-likeness (QED) is 0.837. The van der Waals surface area contributed by atoms with E-state index in [0.717, 1.165) is 29.3 Å². The zero-order valence-electron chi connectivity index (χ0n) is 10.3. The number of aryl methyl sites for hydroxylation is 1. The Bertz CT molecular complexity index is 569. The molecule has 0 bridgehead atoms. The number of H-pyrrole nitrogens is 1. The van der Waals surface area contributed by atoms with Crippen LogP contribution >= 0.6 is 12.2 Å². The van der Waals surface area contributed by atoms with Gasteiger partial charge in [-0.3, -0.25) is 0 Å². The fraction of sp³-hybridized carbons (Fsp3) is 0.385. The molecule has 0 radical (unpaired) electrons. The molecule has 2 heterocycles. The molecule has 0 spiro atoms. The first-order valence-corrected chi connectivity index (χ1v) is 6.12. The first-order chi connectivity index (χ1) is 8.06. The first-order valence-electron chi connectivity index (χ1n) is 5.71. The zero-order chi connectivity index (χ0) is 12.4. The van der Waals surface area contributed by atoms with E-state index in [-0.39, 0.29) is 0 Å². The van der Waals surface area contributed by atoms with E-state index in [1.165, 1.54) is 0 Å². The third-order valence-electron chi connectivity index (χ3n) is 2.54. The predicted molar refractivity (Wildman–Crippen MR) is 70.4 cm³/mol. The second-order valence-corrected chi connectivity index (χ2v) is 5.00. The highest BCUT2D eigenvalue weighted by atomic mass is 32.1. The highest BCUT2D eigenvalue weighted by Crippen LogP contribution is 2.21. The molecule has 2 rings (SSSR count). The van der Waals surface area contributed by atoms with Crippen molar-refractivity contribution in [2.75, 3.05) is 0 Å². The lowest BCUT2D eigenvalue weighted by atomic mass is 10.1. The largest absolute Gasteiger partial charge is 0.469 e. The number of nitrogens with zero attached hydrogens (tertiary/aromatic N) is 1. The van der Waals surface area contributed by atoms with E-state index in [2.05, 4.69) is 23.8 Å². The van der Waals surface area contributed by atoms with Crippen LogP contribution in [0.5, 0.6) is 0 Å². The fourth-order valence-corrected chi connectivity index (χ4v) is 2.05. The Labute approximate surface area is 106 Å². The SMILES string of the molecule is Cc1occc1-c1nc(=S)cc(CC(C)C)[nH]1. The lowest BCUT2D eigenvalue weighted by Gasteiger charge is -2.07. The van der Waals surface area contributed by atoms with Crippen molar-refractivity contribution in [2.45, 2.75) is 27.2 Å². The van der Waals surface area contributed by atoms with Gasteiger partial charge in [0.2, 0.25) is 0 Å². The van der Waals surface area contributed by atoms with Crippen molar-refractivity contribution in [1.29, 1.82) is 0 Å². The number of aromatic nitrogens is 2. The van der Waals surface area contributed by atoms with E-state index < -0.39 is 0 Å². The minimum absolute atomic E-state index is 0.585. The minimum Gasteiger partial charge on any atom is -0.469 e. The van der Waals surface area contributed by atoms with Crippen molar-refractivity contribution in [1.82, 2.24) is 9.97 Å². The number of nitrogens with one attached hydrogen (secondary N) is 1. The smallest absolute Gasteiger partial charge is 0.142 e. The van der Waals surface area contributed by atoms with Crippen LogP contribution in [0.2, 0.25) is 0 Å². The Morgan fingerprint density at radius 3 is 2.82 bits per heavy atom. The van der Waals surface area contributed by atoms with Crippen LogP contribution in [0.4, 0.5) is 0 Å². The number of furan rings is 1. The maximum atomic E-state index is 5.29. The summed E-state index contributed by atoms with van der Waals surface area (Å²) in [5.41, 5.74) is 2.09. The van der Waals surface area contributed by atoms with Crippen molar-refractivity contribution >= 4 is 12.2 Å². The van der Waals surface area contributed by atoms with Gasteiger partial charge in [0.05, 0.1) is 11.8 Å². The molecule has 0 amide bonds. The Morgan fingerprint density at radius 1 is 1.47 bits per heavy atom. The Balaban J connectivity index is 2.45. The summed E-state index contributed by atoms with van der Waals surface area (Å²) in [4.78, 5) is 7.67. The van der Waals surface area contributed by atoms with Gasteiger partial charge in [0.15, 0.2) is 0 Å². The molecular weight excluding hydrogens is 232 g/mol. The molecule has 0 atom stereocenters. The van der Waals surface area contributed by atoms with E-state index in [4.69, 9.17) is 16.6 Å². The van der Waals surface area contributed by atoms with Crippen LogP contribution in [0.1, 0.15) is 25.3 Å². The zero-order valence-corrected chi connectivity index (χ0v) is 11.1. The molecule has 90 valence electrons. The van der Waals surface area contributed by atoms with Crippen LogP contribution in [0.3, 0.4) is 0 Å². The summed E-state index contributed by atoms with van der Waals surface area (Å²) in [6.45, 7) is 6.28. The summed E-state index contributed by atoms with van der Waals surface area (Å²) in [7, 11) is 0. The van der Waals surface area contributed by atoms with Gasteiger partial charge in [0, 0.05) is 5.69 Å². The normalized spacial score (nSPS) is 11.1. The van der Waals surface area contributed by atoms with Crippen molar-refractivity contribution in [3.05, 3.63) is 34.5 Å². The molecule has 4 heteroatoms. The summed E-state index contributed by atoms with van der Waals surface area (Å²) in [5.74, 6) is 2.23. The Morgan fingerprint density at radius 2 is 2.24 bits per heavy atom. The van der Waals surface area contributed by atoms with Gasteiger partial charge in [0.1, 0.15) is 16.2 Å². The Kier molecular flexibility index (Phi) is 3.43. The molecule has 0 aliphatic heterocycles. The van der Waals surface area contributed by atoms with Crippen molar-refractivity contribution in [3.63, 3.8) is 0 Å². The molecule has 0 aromatic carbocycles. The van der Waals surface area contributed by atoms with E-state index in [9.17, 15) is 0 Å². The van der Waals surface area contributed by atoms with E-state index in [1.54, 1.807) is 6.26 Å². The summed E-state index contributed by atoms with van der Waals surface area (Å²) < 4.78 is 5.91. The van der Waals surface area contributed by atoms with Gasteiger partial charge in [-0.1, -0.05) is 26.1 Å². The van der Waals surface area contributed by atoms with E-state index in [1.807, 2.05) is 19.1 Å². The van der Waals surface area contributed by atoms with Crippen LogP contribution < -0.4 is 0 Å². The van der Waals surface area contributed by atoms with E-state index >= 15 is 0 Å². The van der Waals surface area contributed by atoms with Crippen molar-refractivity contribution in [3.8, 4) is 11.4 Å². The average molecular weight is 248 g/mol. The molecule has 0 fully saturated rings. The van der Waals surface area contributed by atoms with Gasteiger partial charge >= 0.3 is 0 Å².